The minimum absolute atomic E-state index is 0.789. The molecule has 0 atom stereocenters. The van der Waals surface area contributed by atoms with E-state index in [0.717, 1.165) is 63.6 Å². The van der Waals surface area contributed by atoms with Gasteiger partial charge in [0.05, 0.1) is 14.2 Å². The zero-order valence-corrected chi connectivity index (χ0v) is 21.2. The molecule has 1 saturated heterocycles. The van der Waals surface area contributed by atoms with Gasteiger partial charge in [-0.25, -0.2) is 0 Å². The molecule has 0 unspecified atom stereocenters. The molecule has 1 aromatic carbocycles. The fourth-order valence-electron chi connectivity index (χ4n) is 3.99. The van der Waals surface area contributed by atoms with Crippen molar-refractivity contribution < 1.29 is 9.47 Å². The molecule has 0 radical (unpaired) electrons. The maximum absolute atomic E-state index is 5.44. The number of piperazine rings is 1. The summed E-state index contributed by atoms with van der Waals surface area (Å²) in [5.74, 6) is 1.60. The molecule has 1 aliphatic heterocycles. The fourth-order valence-corrected chi connectivity index (χ4v) is 3.99. The molecule has 0 spiro atoms. The summed E-state index contributed by atoms with van der Waals surface area (Å²) in [4.78, 5) is 5.09. The van der Waals surface area contributed by atoms with Gasteiger partial charge < -0.3 is 9.47 Å². The Hall–Kier alpha value is -2.04. The van der Waals surface area contributed by atoms with Crippen LogP contribution in [-0.4, -0.2) is 56.7 Å². The van der Waals surface area contributed by atoms with E-state index in [1.54, 1.807) is 14.2 Å². The summed E-state index contributed by atoms with van der Waals surface area (Å²) in [7, 11) is 3.37. The highest BCUT2D eigenvalue weighted by Crippen LogP contribution is 2.28. The van der Waals surface area contributed by atoms with E-state index < -0.39 is 0 Å². The number of hydrogen-bond acceptors (Lipinski definition) is 4. The van der Waals surface area contributed by atoms with E-state index in [1.165, 1.54) is 35.1 Å². The van der Waals surface area contributed by atoms with Gasteiger partial charge in [-0.2, -0.15) is 0 Å². The Morgan fingerprint density at radius 3 is 2.00 bits per heavy atom. The van der Waals surface area contributed by atoms with Gasteiger partial charge in [-0.1, -0.05) is 41.0 Å². The molecule has 1 fully saturated rings. The number of hydrogen-bond donors (Lipinski definition) is 0. The van der Waals surface area contributed by atoms with Crippen molar-refractivity contribution in [3.8, 4) is 11.5 Å². The third-order valence-corrected chi connectivity index (χ3v) is 6.14. The first-order valence-electron chi connectivity index (χ1n) is 12.0. The summed E-state index contributed by atoms with van der Waals surface area (Å²) in [5, 5.41) is 0. The lowest BCUT2D eigenvalue weighted by atomic mass is 10.1. The Kier molecular flexibility index (Phi) is 11.6. The molecule has 4 nitrogen and oxygen atoms in total. The largest absolute Gasteiger partial charge is 0.493 e. The first kappa shape index (κ1) is 26.2. The van der Waals surface area contributed by atoms with Crippen molar-refractivity contribution in [2.75, 3.05) is 46.9 Å². The maximum atomic E-state index is 5.44. The summed E-state index contributed by atoms with van der Waals surface area (Å²) in [6.45, 7) is 15.4. The predicted octanol–water partition coefficient (Wildman–Crippen LogP) is 6.24. The number of ether oxygens (including phenoxy) is 2. The molecular weight excluding hydrogens is 396 g/mol. The molecule has 0 bridgehead atoms. The van der Waals surface area contributed by atoms with Crippen molar-refractivity contribution in [3.63, 3.8) is 0 Å². The van der Waals surface area contributed by atoms with Crippen molar-refractivity contribution in [2.45, 2.75) is 59.9 Å². The van der Waals surface area contributed by atoms with Crippen LogP contribution >= 0.6 is 0 Å². The molecule has 178 valence electrons. The van der Waals surface area contributed by atoms with E-state index in [-0.39, 0.29) is 0 Å². The van der Waals surface area contributed by atoms with Crippen LogP contribution in [0.3, 0.4) is 0 Å². The van der Waals surface area contributed by atoms with E-state index in [1.807, 2.05) is 6.07 Å². The Morgan fingerprint density at radius 1 is 0.781 bits per heavy atom. The van der Waals surface area contributed by atoms with Gasteiger partial charge in [-0.15, -0.1) is 0 Å². The Balaban J connectivity index is 1.69. The first-order chi connectivity index (χ1) is 15.4. The zero-order chi connectivity index (χ0) is 23.3. The van der Waals surface area contributed by atoms with Crippen LogP contribution in [-0.2, 0) is 6.54 Å². The second-order valence-corrected chi connectivity index (χ2v) is 9.23. The van der Waals surface area contributed by atoms with Gasteiger partial charge in [0, 0.05) is 39.3 Å². The normalized spacial score (nSPS) is 16.2. The number of benzene rings is 1. The molecule has 1 heterocycles. The van der Waals surface area contributed by atoms with Crippen LogP contribution in [0, 0.1) is 0 Å². The monoisotopic (exact) mass is 440 g/mol. The molecule has 0 aromatic heterocycles. The van der Waals surface area contributed by atoms with Gasteiger partial charge in [-0.3, -0.25) is 9.80 Å². The second kappa shape index (κ2) is 14.2. The minimum atomic E-state index is 0.789. The predicted molar refractivity (Wildman–Crippen MR) is 137 cm³/mol. The maximum Gasteiger partial charge on any atom is 0.161 e. The molecule has 4 heteroatoms. The van der Waals surface area contributed by atoms with Gasteiger partial charge in [0.2, 0.25) is 0 Å². The lowest BCUT2D eigenvalue weighted by Crippen LogP contribution is -2.45. The summed E-state index contributed by atoms with van der Waals surface area (Å²) in [6, 6.07) is 6.23. The number of methoxy groups -OCH3 is 2. The number of allylic oxidation sites excluding steroid dienone is 5. The first-order valence-corrected chi connectivity index (χ1v) is 12.0. The quantitative estimate of drug-likeness (QED) is 0.359. The van der Waals surface area contributed by atoms with E-state index in [4.69, 9.17) is 9.47 Å². The lowest BCUT2D eigenvalue weighted by Gasteiger charge is -2.34. The van der Waals surface area contributed by atoms with E-state index in [0.29, 0.717) is 0 Å². The molecule has 0 saturated carbocycles. The van der Waals surface area contributed by atoms with Crippen LogP contribution in [0.25, 0.3) is 0 Å². The molecule has 32 heavy (non-hydrogen) atoms. The van der Waals surface area contributed by atoms with Crippen LogP contribution in [0.4, 0.5) is 0 Å². The zero-order valence-electron chi connectivity index (χ0n) is 21.2. The van der Waals surface area contributed by atoms with E-state index in [2.05, 4.69) is 67.9 Å². The lowest BCUT2D eigenvalue weighted by molar-refractivity contribution is 0.136. The Labute approximate surface area is 196 Å². The minimum Gasteiger partial charge on any atom is -0.493 e. The number of rotatable bonds is 12. The fraction of sp³-hybridized carbons (Fsp3) is 0.571. The van der Waals surface area contributed by atoms with Crippen LogP contribution in [0.1, 0.15) is 58.9 Å². The molecule has 2 rings (SSSR count). The van der Waals surface area contributed by atoms with Gasteiger partial charge in [0.1, 0.15) is 0 Å². The van der Waals surface area contributed by atoms with Crippen LogP contribution in [0.5, 0.6) is 11.5 Å². The van der Waals surface area contributed by atoms with Crippen molar-refractivity contribution in [2.24, 2.45) is 0 Å². The van der Waals surface area contributed by atoms with Crippen LogP contribution < -0.4 is 9.47 Å². The average Bonchev–Trinajstić information content (AvgIpc) is 2.78. The molecule has 0 amide bonds. The summed E-state index contributed by atoms with van der Waals surface area (Å²) in [6.07, 6.45) is 11.8. The Morgan fingerprint density at radius 2 is 1.38 bits per heavy atom. The van der Waals surface area contributed by atoms with Crippen molar-refractivity contribution in [1.29, 1.82) is 0 Å². The van der Waals surface area contributed by atoms with Crippen molar-refractivity contribution >= 4 is 0 Å². The highest BCUT2D eigenvalue weighted by atomic mass is 16.5. The van der Waals surface area contributed by atoms with E-state index >= 15 is 0 Å². The van der Waals surface area contributed by atoms with Gasteiger partial charge in [-0.05, 0) is 71.1 Å². The van der Waals surface area contributed by atoms with Crippen molar-refractivity contribution in [3.05, 3.63) is 58.7 Å². The van der Waals surface area contributed by atoms with Gasteiger partial charge >= 0.3 is 0 Å². The van der Waals surface area contributed by atoms with Crippen LogP contribution in [0.2, 0.25) is 0 Å². The second-order valence-electron chi connectivity index (χ2n) is 9.23. The topological polar surface area (TPSA) is 24.9 Å². The van der Waals surface area contributed by atoms with Crippen LogP contribution in [0.15, 0.2) is 53.1 Å². The smallest absolute Gasteiger partial charge is 0.161 e. The van der Waals surface area contributed by atoms with Gasteiger partial charge in [0.15, 0.2) is 11.5 Å². The third kappa shape index (κ3) is 9.62. The standard InChI is InChI=1S/C28H44N2O2/c1-23(2)9-7-10-24(3)11-8-12-25(4)15-16-29-17-19-30(20-18-29)22-26-13-14-27(31-5)28(21-26)32-6/h9,11,13-15,21H,7-8,10,12,16-20,22H2,1-6H3/b24-11+,25-15+. The Bertz CT molecular complexity index is 783. The summed E-state index contributed by atoms with van der Waals surface area (Å²) in [5.41, 5.74) is 5.71. The number of nitrogens with zero attached hydrogens (tertiary/aromatic N) is 2. The van der Waals surface area contributed by atoms with Gasteiger partial charge in [0.25, 0.3) is 0 Å². The molecule has 1 aromatic rings. The molecule has 0 N–H and O–H groups in total. The highest BCUT2D eigenvalue weighted by molar-refractivity contribution is 5.42. The average molecular weight is 441 g/mol. The summed E-state index contributed by atoms with van der Waals surface area (Å²) >= 11 is 0. The van der Waals surface area contributed by atoms with Crippen molar-refractivity contribution in [1.82, 2.24) is 9.80 Å². The SMILES string of the molecule is COc1ccc(CN2CCN(C/C=C(\C)CC/C=C(\C)CCC=C(C)C)CC2)cc1OC. The molecular formula is C28H44N2O2. The highest BCUT2D eigenvalue weighted by Gasteiger charge is 2.17. The summed E-state index contributed by atoms with van der Waals surface area (Å²) < 4.78 is 10.8. The molecule has 0 aliphatic carbocycles. The molecule has 1 aliphatic rings. The van der Waals surface area contributed by atoms with E-state index in [9.17, 15) is 0 Å². The third-order valence-electron chi connectivity index (χ3n) is 6.14.